The summed E-state index contributed by atoms with van der Waals surface area (Å²) in [5, 5.41) is 14.5. The molecule has 9 nitrogen and oxygen atoms in total. The first kappa shape index (κ1) is 21.2. The maximum absolute atomic E-state index is 14.3. The largest absolute Gasteiger partial charge is 0.432 e. The summed E-state index contributed by atoms with van der Waals surface area (Å²) in [7, 11) is 0. The fourth-order valence-corrected chi connectivity index (χ4v) is 3.95. The average Bonchev–Trinajstić information content (AvgIpc) is 3.49. The molecule has 0 radical (unpaired) electrons. The molecule has 1 atom stereocenters. The van der Waals surface area contributed by atoms with Gasteiger partial charge in [-0.05, 0) is 32.0 Å². The minimum absolute atomic E-state index is 0.135. The van der Waals surface area contributed by atoms with Gasteiger partial charge in [-0.2, -0.15) is 5.10 Å². The van der Waals surface area contributed by atoms with E-state index in [0.717, 1.165) is 5.69 Å². The molecule has 5 rings (SSSR count). The van der Waals surface area contributed by atoms with E-state index in [4.69, 9.17) is 4.42 Å². The van der Waals surface area contributed by atoms with Crippen LogP contribution in [0.3, 0.4) is 0 Å². The van der Waals surface area contributed by atoms with E-state index in [0.29, 0.717) is 17.8 Å². The van der Waals surface area contributed by atoms with Crippen molar-refractivity contribution in [3.8, 4) is 0 Å². The number of amides is 1. The molecule has 33 heavy (non-hydrogen) atoms. The first-order valence-corrected chi connectivity index (χ1v) is 10.1. The van der Waals surface area contributed by atoms with Gasteiger partial charge in [-0.1, -0.05) is 0 Å². The number of fused-ring (bicyclic) bond motifs is 2. The molecule has 1 unspecified atom stereocenters. The van der Waals surface area contributed by atoms with Crippen LogP contribution in [-0.2, 0) is 12.0 Å². The van der Waals surface area contributed by atoms with Gasteiger partial charge in [-0.3, -0.25) is 4.79 Å². The fraction of sp³-hybridized carbons (Fsp3) is 0.333. The highest BCUT2D eigenvalue weighted by atomic mass is 19.3. The molecular weight excluding hydrogens is 441 g/mol. The van der Waals surface area contributed by atoms with Crippen LogP contribution in [-0.4, -0.2) is 47.0 Å². The minimum atomic E-state index is -3.10. The van der Waals surface area contributed by atoms with Crippen molar-refractivity contribution in [2.45, 2.75) is 38.3 Å². The van der Waals surface area contributed by atoms with Crippen molar-refractivity contribution in [2.24, 2.45) is 0 Å². The lowest BCUT2D eigenvalue weighted by atomic mass is 9.99. The number of aromatic amines is 1. The predicted molar refractivity (Wildman–Crippen MR) is 107 cm³/mol. The van der Waals surface area contributed by atoms with Gasteiger partial charge in [0.1, 0.15) is 23.0 Å². The molecule has 1 aliphatic heterocycles. The van der Waals surface area contributed by atoms with Gasteiger partial charge < -0.3 is 19.4 Å². The first-order valence-electron chi connectivity index (χ1n) is 10.1. The number of oxazole rings is 1. The zero-order valence-corrected chi connectivity index (χ0v) is 17.6. The number of imidazole rings is 1. The van der Waals surface area contributed by atoms with Crippen LogP contribution < -0.4 is 0 Å². The summed E-state index contributed by atoms with van der Waals surface area (Å²) in [6.45, 7) is 2.76. The Morgan fingerprint density at radius 1 is 1.39 bits per heavy atom. The van der Waals surface area contributed by atoms with Crippen molar-refractivity contribution in [2.75, 3.05) is 6.54 Å². The molecule has 5 heterocycles. The molecule has 12 heteroatoms. The zero-order valence-electron chi connectivity index (χ0n) is 17.6. The Morgan fingerprint density at radius 3 is 2.88 bits per heavy atom. The Labute approximate surface area is 184 Å². The van der Waals surface area contributed by atoms with Crippen molar-refractivity contribution in [3.63, 3.8) is 0 Å². The average molecular weight is 460 g/mol. The summed E-state index contributed by atoms with van der Waals surface area (Å²) in [5.41, 5.74) is -0.797. The van der Waals surface area contributed by atoms with Gasteiger partial charge in [-0.25, -0.2) is 27.7 Å². The number of carbonyl (C=O) groups excluding carboxylic acids is 1. The van der Waals surface area contributed by atoms with Crippen molar-refractivity contribution in [1.29, 1.82) is 0 Å². The van der Waals surface area contributed by atoms with Gasteiger partial charge in [0.25, 0.3) is 12.3 Å². The third-order valence-corrected chi connectivity index (χ3v) is 5.51. The summed E-state index contributed by atoms with van der Waals surface area (Å²) in [4.78, 5) is 25.8. The first-order chi connectivity index (χ1) is 15.6. The maximum Gasteiger partial charge on any atom is 0.292 e. The molecule has 0 spiro atoms. The molecule has 1 aliphatic rings. The number of hydrogen-bond donors (Lipinski definition) is 2. The lowest BCUT2D eigenvalue weighted by Crippen LogP contribution is -2.41. The summed E-state index contributed by atoms with van der Waals surface area (Å²) >= 11 is 0. The second kappa shape index (κ2) is 7.44. The highest BCUT2D eigenvalue weighted by Gasteiger charge is 2.40. The lowest BCUT2D eigenvalue weighted by molar-refractivity contribution is 0.0440. The molecule has 0 saturated heterocycles. The van der Waals surface area contributed by atoms with E-state index in [2.05, 4.69) is 20.1 Å². The van der Waals surface area contributed by atoms with Gasteiger partial charge in [0.05, 0.1) is 17.7 Å². The Bertz CT molecular complexity index is 1350. The minimum Gasteiger partial charge on any atom is -0.432 e. The van der Waals surface area contributed by atoms with Crippen molar-refractivity contribution in [3.05, 3.63) is 71.0 Å². The molecule has 0 saturated carbocycles. The van der Waals surface area contributed by atoms with Gasteiger partial charge in [0, 0.05) is 24.9 Å². The molecule has 2 N–H and O–H groups in total. The Balaban J connectivity index is 1.63. The highest BCUT2D eigenvalue weighted by molar-refractivity contribution is 5.93. The standard InChI is InChI=1S/C21H19F3N6O3/c1-21(2,32)20-27-15(18(23)24)17(33-20)19(31)29-7-5-11-14(26-9-25-11)16(29)12-8-13-10(22)4-3-6-30(13)28-12/h3-4,6,8-9,16,18,32H,5,7H2,1-2H3,(H,25,26). The molecule has 172 valence electrons. The molecule has 0 aromatic carbocycles. The molecular formula is C21H19F3N6O3. The third kappa shape index (κ3) is 3.46. The number of aromatic nitrogens is 5. The summed E-state index contributed by atoms with van der Waals surface area (Å²) in [6, 6.07) is 3.38. The Morgan fingerprint density at radius 2 is 2.18 bits per heavy atom. The number of H-pyrrole nitrogens is 1. The topological polar surface area (TPSA) is 113 Å². The van der Waals surface area contributed by atoms with E-state index in [9.17, 15) is 23.1 Å². The van der Waals surface area contributed by atoms with Crippen LogP contribution in [0.1, 0.15) is 65.5 Å². The van der Waals surface area contributed by atoms with Crippen LogP contribution in [0, 0.1) is 5.82 Å². The second-order valence-corrected chi connectivity index (χ2v) is 8.27. The van der Waals surface area contributed by atoms with Crippen molar-refractivity contribution < 1.29 is 27.5 Å². The number of alkyl halides is 2. The molecule has 1 amide bonds. The summed E-state index contributed by atoms with van der Waals surface area (Å²) in [5.74, 6) is -2.42. The van der Waals surface area contributed by atoms with Crippen LogP contribution in [0.25, 0.3) is 5.52 Å². The summed E-state index contributed by atoms with van der Waals surface area (Å²) < 4.78 is 48.4. The zero-order chi connectivity index (χ0) is 23.5. The van der Waals surface area contributed by atoms with E-state index in [1.807, 2.05) is 0 Å². The third-order valence-electron chi connectivity index (χ3n) is 5.51. The van der Waals surface area contributed by atoms with Gasteiger partial charge in [-0.15, -0.1) is 0 Å². The van der Waals surface area contributed by atoms with E-state index >= 15 is 0 Å². The summed E-state index contributed by atoms with van der Waals surface area (Å²) in [6.07, 6.45) is 0.310. The molecule has 0 aliphatic carbocycles. The van der Waals surface area contributed by atoms with E-state index < -0.39 is 47.1 Å². The number of rotatable bonds is 4. The molecule has 4 aromatic heterocycles. The van der Waals surface area contributed by atoms with Crippen LogP contribution in [0.2, 0.25) is 0 Å². The van der Waals surface area contributed by atoms with E-state index in [-0.39, 0.29) is 12.1 Å². The maximum atomic E-state index is 14.3. The van der Waals surface area contributed by atoms with Gasteiger partial charge in [0.2, 0.25) is 11.7 Å². The van der Waals surface area contributed by atoms with Gasteiger partial charge in [0.15, 0.2) is 5.69 Å². The quantitative estimate of drug-likeness (QED) is 0.484. The Hall–Kier alpha value is -3.67. The molecule has 0 fully saturated rings. The normalized spacial score (nSPS) is 16.6. The number of nitrogens with zero attached hydrogens (tertiary/aromatic N) is 5. The molecule has 0 bridgehead atoms. The number of hydrogen-bond acceptors (Lipinski definition) is 6. The lowest BCUT2D eigenvalue weighted by Gasteiger charge is -2.33. The SMILES string of the molecule is CC(C)(O)c1nc(C(F)F)c(C(=O)N2CCc3[nH]cnc3C2c2cc3c(F)cccn3n2)o1. The van der Waals surface area contributed by atoms with Crippen LogP contribution in [0.5, 0.6) is 0 Å². The smallest absolute Gasteiger partial charge is 0.292 e. The van der Waals surface area contributed by atoms with E-state index in [1.165, 1.54) is 47.8 Å². The van der Waals surface area contributed by atoms with Crippen LogP contribution in [0.4, 0.5) is 13.2 Å². The highest BCUT2D eigenvalue weighted by Crippen LogP contribution is 2.36. The van der Waals surface area contributed by atoms with E-state index in [1.54, 1.807) is 6.20 Å². The van der Waals surface area contributed by atoms with Crippen LogP contribution in [0.15, 0.2) is 35.1 Å². The second-order valence-electron chi connectivity index (χ2n) is 8.27. The number of pyridine rings is 1. The monoisotopic (exact) mass is 460 g/mol. The van der Waals surface area contributed by atoms with Crippen molar-refractivity contribution in [1.82, 2.24) is 29.5 Å². The molecule has 4 aromatic rings. The van der Waals surface area contributed by atoms with Gasteiger partial charge >= 0.3 is 0 Å². The number of halogens is 3. The fourth-order valence-electron chi connectivity index (χ4n) is 3.95. The Kier molecular flexibility index (Phi) is 4.78. The predicted octanol–water partition coefficient (Wildman–Crippen LogP) is 3.14. The number of nitrogens with one attached hydrogen (secondary N) is 1. The number of carbonyl (C=O) groups is 1. The number of aliphatic hydroxyl groups is 1. The van der Waals surface area contributed by atoms with Crippen LogP contribution >= 0.6 is 0 Å². The van der Waals surface area contributed by atoms with Crippen molar-refractivity contribution >= 4 is 11.4 Å².